The Morgan fingerprint density at radius 2 is 2.07 bits per heavy atom. The first-order chi connectivity index (χ1) is 13.6. The number of hydrogen-bond acceptors (Lipinski definition) is 4. The van der Waals surface area contributed by atoms with Crippen molar-refractivity contribution in [2.24, 2.45) is 0 Å². The fraction of sp³-hybridized carbons (Fsp3) is 0.0909. The minimum Gasteiger partial charge on any atom is -0.379 e. The van der Waals surface area contributed by atoms with Gasteiger partial charge in [0, 0.05) is 42.1 Å². The average Bonchev–Trinajstić information content (AvgIpc) is 3.03. The summed E-state index contributed by atoms with van der Waals surface area (Å²) in [5.41, 5.74) is 5.13. The third-order valence-corrected chi connectivity index (χ3v) is 4.59. The van der Waals surface area contributed by atoms with Crippen LogP contribution in [-0.2, 0) is 11.3 Å². The first kappa shape index (κ1) is 17.7. The summed E-state index contributed by atoms with van der Waals surface area (Å²) < 4.78 is 14.4. The molecule has 0 saturated heterocycles. The molecule has 4 rings (SSSR count). The van der Waals surface area contributed by atoms with E-state index in [4.69, 9.17) is 0 Å². The molecular formula is C22H19FN4O. The topological polar surface area (TPSA) is 66.0 Å². The third-order valence-electron chi connectivity index (χ3n) is 4.59. The minimum atomic E-state index is -0.375. The van der Waals surface area contributed by atoms with Crippen molar-refractivity contribution >= 4 is 28.5 Å². The number of hydrogen-bond donors (Lipinski definition) is 3. The van der Waals surface area contributed by atoms with Crippen LogP contribution >= 0.6 is 0 Å². The summed E-state index contributed by atoms with van der Waals surface area (Å²) in [6.07, 6.45) is 5.05. The molecule has 2 heterocycles. The maximum absolute atomic E-state index is 14.4. The van der Waals surface area contributed by atoms with Crippen LogP contribution in [-0.4, -0.2) is 10.9 Å². The van der Waals surface area contributed by atoms with Crippen LogP contribution in [0.4, 0.5) is 21.5 Å². The minimum absolute atomic E-state index is 0.174. The van der Waals surface area contributed by atoms with Crippen LogP contribution in [0.15, 0.2) is 67.1 Å². The number of anilines is 3. The Balaban J connectivity index is 1.49. The standard InChI is InChI=1S/C22H19FN4O/c1-14-4-2-6-20-21(14)17(22(28)27-20)13-25-16-7-8-19(18(23)10-16)26-12-15-5-3-9-24-11-15/h2-11,13,25-26H,12H2,1H3,(H,27,28)/b17-13+. The summed E-state index contributed by atoms with van der Waals surface area (Å²) in [5, 5.41) is 8.93. The lowest BCUT2D eigenvalue weighted by molar-refractivity contribution is -0.110. The fourth-order valence-corrected chi connectivity index (χ4v) is 3.17. The van der Waals surface area contributed by atoms with Gasteiger partial charge in [0.2, 0.25) is 0 Å². The Morgan fingerprint density at radius 1 is 1.18 bits per heavy atom. The molecule has 6 heteroatoms. The van der Waals surface area contributed by atoms with Crippen molar-refractivity contribution in [1.82, 2.24) is 4.98 Å². The molecule has 1 aliphatic heterocycles. The van der Waals surface area contributed by atoms with Crippen molar-refractivity contribution in [1.29, 1.82) is 0 Å². The van der Waals surface area contributed by atoms with Gasteiger partial charge in [-0.05, 0) is 48.4 Å². The molecule has 2 aromatic carbocycles. The normalized spacial score (nSPS) is 13.9. The highest BCUT2D eigenvalue weighted by atomic mass is 19.1. The van der Waals surface area contributed by atoms with Crippen LogP contribution in [0.25, 0.3) is 5.57 Å². The van der Waals surface area contributed by atoms with Crippen molar-refractivity contribution < 1.29 is 9.18 Å². The molecule has 5 nitrogen and oxygen atoms in total. The molecule has 0 fully saturated rings. The largest absolute Gasteiger partial charge is 0.379 e. The zero-order valence-corrected chi connectivity index (χ0v) is 15.3. The van der Waals surface area contributed by atoms with E-state index >= 15 is 0 Å². The van der Waals surface area contributed by atoms with E-state index in [1.165, 1.54) is 6.07 Å². The number of pyridine rings is 1. The van der Waals surface area contributed by atoms with E-state index < -0.39 is 0 Å². The predicted molar refractivity (Wildman–Crippen MR) is 109 cm³/mol. The molecular weight excluding hydrogens is 355 g/mol. The molecule has 1 aromatic heterocycles. The van der Waals surface area contributed by atoms with Crippen molar-refractivity contribution in [2.75, 3.05) is 16.0 Å². The van der Waals surface area contributed by atoms with E-state index in [-0.39, 0.29) is 11.7 Å². The lowest BCUT2D eigenvalue weighted by Gasteiger charge is -2.10. The number of aryl methyl sites for hydroxylation is 1. The molecule has 0 atom stereocenters. The molecule has 1 amide bonds. The first-order valence-electron chi connectivity index (χ1n) is 8.92. The number of fused-ring (bicyclic) bond motifs is 1. The molecule has 3 aromatic rings. The molecule has 1 aliphatic rings. The van der Waals surface area contributed by atoms with Crippen molar-refractivity contribution in [2.45, 2.75) is 13.5 Å². The summed E-state index contributed by atoms with van der Waals surface area (Å²) in [5.74, 6) is -0.549. The summed E-state index contributed by atoms with van der Waals surface area (Å²) >= 11 is 0. The Bertz CT molecular complexity index is 1060. The fourth-order valence-electron chi connectivity index (χ4n) is 3.17. The summed E-state index contributed by atoms with van der Waals surface area (Å²) in [6.45, 7) is 2.44. The smallest absolute Gasteiger partial charge is 0.257 e. The van der Waals surface area contributed by atoms with Gasteiger partial charge >= 0.3 is 0 Å². The Labute approximate surface area is 162 Å². The number of carbonyl (C=O) groups excluding carboxylic acids is 1. The van der Waals surface area contributed by atoms with E-state index in [2.05, 4.69) is 20.9 Å². The van der Waals surface area contributed by atoms with Crippen LogP contribution in [0.5, 0.6) is 0 Å². The van der Waals surface area contributed by atoms with E-state index in [1.807, 2.05) is 37.3 Å². The second kappa shape index (κ2) is 7.52. The van der Waals surface area contributed by atoms with Gasteiger partial charge < -0.3 is 16.0 Å². The van der Waals surface area contributed by atoms with Crippen LogP contribution in [0, 0.1) is 12.7 Å². The van der Waals surface area contributed by atoms with Crippen molar-refractivity contribution in [3.63, 3.8) is 0 Å². The summed E-state index contributed by atoms with van der Waals surface area (Å²) in [6, 6.07) is 14.3. The second-order valence-electron chi connectivity index (χ2n) is 6.56. The maximum Gasteiger partial charge on any atom is 0.257 e. The van der Waals surface area contributed by atoms with Gasteiger partial charge in [-0.3, -0.25) is 9.78 Å². The SMILES string of the molecule is Cc1cccc2c1/C(=C\Nc1ccc(NCc3cccnc3)c(F)c1)C(=O)N2. The second-order valence-corrected chi connectivity index (χ2v) is 6.56. The number of nitrogens with zero attached hydrogens (tertiary/aromatic N) is 1. The first-order valence-corrected chi connectivity index (χ1v) is 8.92. The van der Waals surface area contributed by atoms with Gasteiger partial charge in [-0.1, -0.05) is 18.2 Å². The van der Waals surface area contributed by atoms with Gasteiger partial charge in [0.25, 0.3) is 5.91 Å². The summed E-state index contributed by atoms with van der Waals surface area (Å²) in [7, 11) is 0. The highest BCUT2D eigenvalue weighted by Crippen LogP contribution is 2.34. The molecule has 140 valence electrons. The van der Waals surface area contributed by atoms with Crippen LogP contribution in [0.2, 0.25) is 0 Å². The number of aromatic nitrogens is 1. The quantitative estimate of drug-likeness (QED) is 0.574. The molecule has 0 spiro atoms. The van der Waals surface area contributed by atoms with E-state index in [1.54, 1.807) is 30.7 Å². The van der Waals surface area contributed by atoms with E-state index in [9.17, 15) is 9.18 Å². The number of carbonyl (C=O) groups is 1. The zero-order valence-electron chi connectivity index (χ0n) is 15.3. The Hall–Kier alpha value is -3.67. The molecule has 3 N–H and O–H groups in total. The highest BCUT2D eigenvalue weighted by molar-refractivity contribution is 6.32. The van der Waals surface area contributed by atoms with Crippen molar-refractivity contribution in [3.8, 4) is 0 Å². The van der Waals surface area contributed by atoms with Crippen LogP contribution in [0.1, 0.15) is 16.7 Å². The van der Waals surface area contributed by atoms with E-state index in [0.29, 0.717) is 23.5 Å². The monoisotopic (exact) mass is 374 g/mol. The van der Waals surface area contributed by atoms with Gasteiger partial charge in [-0.25, -0.2) is 4.39 Å². The maximum atomic E-state index is 14.4. The lowest BCUT2D eigenvalue weighted by atomic mass is 10.0. The summed E-state index contributed by atoms with van der Waals surface area (Å²) in [4.78, 5) is 16.3. The lowest BCUT2D eigenvalue weighted by Crippen LogP contribution is -2.05. The number of nitrogens with one attached hydrogen (secondary N) is 3. The van der Waals surface area contributed by atoms with Gasteiger partial charge in [0.15, 0.2) is 0 Å². The van der Waals surface area contributed by atoms with Gasteiger partial charge in [0.05, 0.1) is 11.3 Å². The number of benzene rings is 2. The molecule has 28 heavy (non-hydrogen) atoms. The predicted octanol–water partition coefficient (Wildman–Crippen LogP) is 4.55. The number of halogens is 1. The molecule has 0 unspecified atom stereocenters. The molecule has 0 aliphatic carbocycles. The molecule has 0 saturated carbocycles. The van der Waals surface area contributed by atoms with Crippen LogP contribution in [0.3, 0.4) is 0 Å². The third kappa shape index (κ3) is 3.57. The Kier molecular flexibility index (Phi) is 4.76. The van der Waals surface area contributed by atoms with Gasteiger partial charge in [0.1, 0.15) is 5.82 Å². The van der Waals surface area contributed by atoms with Gasteiger partial charge in [-0.15, -0.1) is 0 Å². The molecule has 0 radical (unpaired) electrons. The zero-order chi connectivity index (χ0) is 19.5. The average molecular weight is 374 g/mol. The van der Waals surface area contributed by atoms with E-state index in [0.717, 1.165) is 22.4 Å². The number of rotatable bonds is 5. The van der Waals surface area contributed by atoms with Crippen molar-refractivity contribution in [3.05, 3.63) is 89.6 Å². The van der Waals surface area contributed by atoms with Gasteiger partial charge in [-0.2, -0.15) is 0 Å². The Morgan fingerprint density at radius 3 is 2.86 bits per heavy atom. The highest BCUT2D eigenvalue weighted by Gasteiger charge is 2.25. The van der Waals surface area contributed by atoms with Crippen LogP contribution < -0.4 is 16.0 Å². The number of amides is 1. The molecule has 0 bridgehead atoms.